The average molecular weight is 559 g/mol. The van der Waals surface area contributed by atoms with Crippen LogP contribution in [0.3, 0.4) is 0 Å². The van der Waals surface area contributed by atoms with Gasteiger partial charge in [-0.3, -0.25) is 14.6 Å². The molecule has 2 fully saturated rings. The Morgan fingerprint density at radius 1 is 0.825 bits per heavy atom. The third kappa shape index (κ3) is 8.17. The zero-order valence-electron chi connectivity index (χ0n) is 23.6. The van der Waals surface area contributed by atoms with Crippen LogP contribution >= 0.6 is 11.6 Å². The van der Waals surface area contributed by atoms with E-state index in [9.17, 15) is 4.79 Å². The summed E-state index contributed by atoms with van der Waals surface area (Å²) < 4.78 is 0. The van der Waals surface area contributed by atoms with Crippen molar-refractivity contribution in [1.29, 1.82) is 0 Å². The molecule has 1 N–H and O–H groups in total. The van der Waals surface area contributed by atoms with Crippen LogP contribution < -0.4 is 5.32 Å². The number of nitrogens with zero attached hydrogens (tertiary/aromatic N) is 3. The fourth-order valence-electron chi connectivity index (χ4n) is 6.23. The topological polar surface area (TPSA) is 38.8 Å². The second-order valence-corrected chi connectivity index (χ2v) is 11.6. The molecule has 40 heavy (non-hydrogen) atoms. The van der Waals surface area contributed by atoms with Crippen molar-refractivity contribution in [3.05, 3.63) is 107 Å². The van der Waals surface area contributed by atoms with E-state index >= 15 is 0 Å². The Balaban J connectivity index is 1.19. The number of halogens is 1. The molecule has 0 radical (unpaired) electrons. The van der Waals surface area contributed by atoms with Crippen molar-refractivity contribution < 1.29 is 4.79 Å². The third-order valence-electron chi connectivity index (χ3n) is 8.61. The van der Waals surface area contributed by atoms with E-state index in [4.69, 9.17) is 11.6 Å². The number of piperidine rings is 1. The molecule has 1 atom stereocenters. The molecule has 5 nitrogen and oxygen atoms in total. The summed E-state index contributed by atoms with van der Waals surface area (Å²) in [5.74, 6) is 0.276. The highest BCUT2D eigenvalue weighted by atomic mass is 35.5. The Bertz CT molecular complexity index is 1160. The number of hydrogen-bond acceptors (Lipinski definition) is 4. The smallest absolute Gasteiger partial charge is 0.236 e. The molecule has 0 bridgehead atoms. The standard InChI is InChI=1S/C34H43ClN4O/c35-31-14-12-30(13-15-31)33(16-11-28-7-3-1-4-8-28)37-23-25-38(26-24-37)34(40)27-39(32-17-20-36-21-18-32)22-19-29-9-5-2-6-10-29/h1-10,12-15,32-33,36H,11,16-27H2. The minimum atomic E-state index is 0.276. The van der Waals surface area contributed by atoms with E-state index in [0.717, 1.165) is 82.9 Å². The number of nitrogens with one attached hydrogen (secondary N) is 1. The van der Waals surface area contributed by atoms with Crippen LogP contribution in [0.5, 0.6) is 0 Å². The number of aryl methyl sites for hydroxylation is 1. The highest BCUT2D eigenvalue weighted by Crippen LogP contribution is 2.28. The fourth-order valence-corrected chi connectivity index (χ4v) is 6.36. The van der Waals surface area contributed by atoms with Gasteiger partial charge in [-0.05, 0) is 74.0 Å². The Labute approximate surface area is 245 Å². The van der Waals surface area contributed by atoms with Gasteiger partial charge in [0.2, 0.25) is 5.91 Å². The lowest BCUT2D eigenvalue weighted by Crippen LogP contribution is -2.54. The van der Waals surface area contributed by atoms with Crippen molar-refractivity contribution in [3.8, 4) is 0 Å². The summed E-state index contributed by atoms with van der Waals surface area (Å²) in [6, 6.07) is 30.5. The first-order chi connectivity index (χ1) is 19.7. The van der Waals surface area contributed by atoms with Crippen molar-refractivity contribution in [3.63, 3.8) is 0 Å². The maximum absolute atomic E-state index is 13.6. The van der Waals surface area contributed by atoms with Gasteiger partial charge in [-0.2, -0.15) is 0 Å². The Morgan fingerprint density at radius 3 is 2.05 bits per heavy atom. The number of amides is 1. The third-order valence-corrected chi connectivity index (χ3v) is 8.86. The Morgan fingerprint density at radius 2 is 1.43 bits per heavy atom. The van der Waals surface area contributed by atoms with Crippen molar-refractivity contribution in [1.82, 2.24) is 20.0 Å². The first-order valence-electron chi connectivity index (χ1n) is 15.0. The van der Waals surface area contributed by atoms with Gasteiger partial charge in [0.1, 0.15) is 0 Å². The quantitative estimate of drug-likeness (QED) is 0.339. The zero-order chi connectivity index (χ0) is 27.6. The second kappa shape index (κ2) is 14.8. The molecule has 212 valence electrons. The molecule has 0 saturated carbocycles. The van der Waals surface area contributed by atoms with Gasteiger partial charge < -0.3 is 10.2 Å². The molecule has 0 aromatic heterocycles. The van der Waals surface area contributed by atoms with E-state index in [1.807, 2.05) is 12.1 Å². The lowest BCUT2D eigenvalue weighted by Gasteiger charge is -2.41. The van der Waals surface area contributed by atoms with Gasteiger partial charge in [0.15, 0.2) is 0 Å². The average Bonchev–Trinajstić information content (AvgIpc) is 3.02. The molecule has 3 aromatic rings. The van der Waals surface area contributed by atoms with Crippen LogP contribution in [-0.4, -0.2) is 79.0 Å². The minimum absolute atomic E-state index is 0.276. The summed E-state index contributed by atoms with van der Waals surface area (Å²) in [7, 11) is 0. The van der Waals surface area contributed by atoms with Crippen LogP contribution in [0.2, 0.25) is 5.02 Å². The number of carbonyl (C=O) groups is 1. The Hall–Kier alpha value is -2.70. The summed E-state index contributed by atoms with van der Waals surface area (Å²) in [4.78, 5) is 20.7. The highest BCUT2D eigenvalue weighted by molar-refractivity contribution is 6.30. The van der Waals surface area contributed by atoms with Crippen LogP contribution in [0.1, 0.15) is 42.0 Å². The number of piperazine rings is 1. The SMILES string of the molecule is O=C(CN(CCc1ccccc1)C1CCNCC1)N1CCN(C(CCc2ccccc2)c2ccc(Cl)cc2)CC1. The van der Waals surface area contributed by atoms with Crippen molar-refractivity contribution in [2.24, 2.45) is 0 Å². The molecule has 2 heterocycles. The summed E-state index contributed by atoms with van der Waals surface area (Å²) in [6.07, 6.45) is 5.28. The molecule has 2 aliphatic rings. The van der Waals surface area contributed by atoms with Gasteiger partial charge in [0.05, 0.1) is 6.54 Å². The fraction of sp³-hybridized carbons (Fsp3) is 0.441. The van der Waals surface area contributed by atoms with Crippen molar-refractivity contribution in [2.75, 3.05) is 52.4 Å². The highest BCUT2D eigenvalue weighted by Gasteiger charge is 2.29. The van der Waals surface area contributed by atoms with E-state index in [-0.39, 0.29) is 5.91 Å². The molecular weight excluding hydrogens is 516 g/mol. The molecule has 6 heteroatoms. The summed E-state index contributed by atoms with van der Waals surface area (Å²) in [6.45, 7) is 6.88. The predicted octanol–water partition coefficient (Wildman–Crippen LogP) is 5.45. The summed E-state index contributed by atoms with van der Waals surface area (Å²) in [5, 5.41) is 4.25. The van der Waals surface area contributed by atoms with Gasteiger partial charge >= 0.3 is 0 Å². The molecule has 2 aliphatic heterocycles. The second-order valence-electron chi connectivity index (χ2n) is 11.2. The molecule has 5 rings (SSSR count). The maximum Gasteiger partial charge on any atom is 0.236 e. The maximum atomic E-state index is 13.6. The number of benzene rings is 3. The zero-order valence-corrected chi connectivity index (χ0v) is 24.3. The van der Waals surface area contributed by atoms with Crippen LogP contribution in [0, 0.1) is 0 Å². The molecule has 0 aliphatic carbocycles. The van der Waals surface area contributed by atoms with Crippen molar-refractivity contribution in [2.45, 2.75) is 44.2 Å². The van der Waals surface area contributed by atoms with E-state index in [0.29, 0.717) is 18.6 Å². The first kappa shape index (κ1) is 28.8. The van der Waals surface area contributed by atoms with Crippen LogP contribution in [-0.2, 0) is 17.6 Å². The number of rotatable bonds is 11. The van der Waals surface area contributed by atoms with Gasteiger partial charge in [-0.1, -0.05) is 84.4 Å². The van der Waals surface area contributed by atoms with Gasteiger partial charge in [0.25, 0.3) is 0 Å². The van der Waals surface area contributed by atoms with E-state index in [1.54, 1.807) is 0 Å². The van der Waals surface area contributed by atoms with Crippen molar-refractivity contribution >= 4 is 17.5 Å². The monoisotopic (exact) mass is 558 g/mol. The van der Waals surface area contributed by atoms with Crippen LogP contribution in [0.25, 0.3) is 0 Å². The van der Waals surface area contributed by atoms with E-state index < -0.39 is 0 Å². The summed E-state index contributed by atoms with van der Waals surface area (Å²) >= 11 is 6.22. The molecule has 0 spiro atoms. The number of carbonyl (C=O) groups excluding carboxylic acids is 1. The van der Waals surface area contributed by atoms with Gasteiger partial charge in [-0.15, -0.1) is 0 Å². The lowest BCUT2D eigenvalue weighted by molar-refractivity contribution is -0.135. The normalized spacial score (nSPS) is 17.7. The molecule has 2 saturated heterocycles. The molecule has 1 amide bonds. The van der Waals surface area contributed by atoms with E-state index in [1.165, 1.54) is 16.7 Å². The van der Waals surface area contributed by atoms with Gasteiger partial charge in [0, 0.05) is 49.8 Å². The largest absolute Gasteiger partial charge is 0.339 e. The lowest BCUT2D eigenvalue weighted by atomic mass is 9.97. The van der Waals surface area contributed by atoms with E-state index in [2.05, 4.69) is 92.8 Å². The first-order valence-corrected chi connectivity index (χ1v) is 15.3. The Kier molecular flexibility index (Phi) is 10.7. The van der Waals surface area contributed by atoms with Gasteiger partial charge in [-0.25, -0.2) is 0 Å². The predicted molar refractivity (Wildman–Crippen MR) is 165 cm³/mol. The van der Waals surface area contributed by atoms with Crippen LogP contribution in [0.4, 0.5) is 0 Å². The molecular formula is C34H43ClN4O. The molecule has 3 aromatic carbocycles. The minimum Gasteiger partial charge on any atom is -0.339 e. The summed E-state index contributed by atoms with van der Waals surface area (Å²) in [5.41, 5.74) is 4.01. The molecule has 1 unspecified atom stereocenters. The van der Waals surface area contributed by atoms with Crippen LogP contribution in [0.15, 0.2) is 84.9 Å². The number of hydrogen-bond donors (Lipinski definition) is 1.